The monoisotopic (exact) mass is 351 g/mol. The second-order valence-corrected chi connectivity index (χ2v) is 6.50. The second kappa shape index (κ2) is 7.66. The van der Waals surface area contributed by atoms with Crippen molar-refractivity contribution in [1.82, 2.24) is 10.2 Å². The van der Waals surface area contributed by atoms with Gasteiger partial charge >= 0.3 is 11.8 Å². The van der Waals surface area contributed by atoms with Crippen molar-refractivity contribution in [2.24, 2.45) is 0 Å². The van der Waals surface area contributed by atoms with Crippen LogP contribution in [0.3, 0.4) is 0 Å². The van der Waals surface area contributed by atoms with Crippen LogP contribution < -0.4 is 10.6 Å². The van der Waals surface area contributed by atoms with Crippen LogP contribution in [0.15, 0.2) is 18.2 Å². The molecule has 24 heavy (non-hydrogen) atoms. The molecule has 1 aliphatic heterocycles. The molecule has 1 fully saturated rings. The predicted molar refractivity (Wildman–Crippen MR) is 93.1 cm³/mol. The first-order valence-corrected chi connectivity index (χ1v) is 8.38. The Morgan fingerprint density at radius 3 is 2.33 bits per heavy atom. The molecule has 2 atom stereocenters. The number of rotatable bonds is 2. The van der Waals surface area contributed by atoms with Gasteiger partial charge in [-0.1, -0.05) is 11.6 Å². The Bertz CT molecular complexity index is 652. The van der Waals surface area contributed by atoms with E-state index in [-0.39, 0.29) is 23.7 Å². The molecule has 1 aliphatic rings. The van der Waals surface area contributed by atoms with Crippen LogP contribution >= 0.6 is 11.6 Å². The molecule has 0 aromatic heterocycles. The molecule has 1 heterocycles. The molecule has 6 nitrogen and oxygen atoms in total. The van der Waals surface area contributed by atoms with Crippen LogP contribution in [0, 0.1) is 0 Å². The maximum absolute atomic E-state index is 13.0. The minimum absolute atomic E-state index is 0.114. The van der Waals surface area contributed by atoms with Crippen LogP contribution in [0.1, 0.15) is 43.5 Å². The van der Waals surface area contributed by atoms with E-state index in [2.05, 4.69) is 10.6 Å². The molecule has 3 amide bonds. The number of benzene rings is 1. The summed E-state index contributed by atoms with van der Waals surface area (Å²) in [5, 5.41) is 5.13. The number of nitrogens with zero attached hydrogens (tertiary/aromatic N) is 1. The van der Waals surface area contributed by atoms with E-state index in [1.807, 2.05) is 18.7 Å². The number of nitrogens with one attached hydrogen (secondary N) is 2. The van der Waals surface area contributed by atoms with Crippen molar-refractivity contribution in [2.45, 2.75) is 45.2 Å². The number of hydrogen-bond donors (Lipinski definition) is 2. The quantitative estimate of drug-likeness (QED) is 0.803. The highest BCUT2D eigenvalue weighted by molar-refractivity contribution is 6.40. The van der Waals surface area contributed by atoms with Crippen molar-refractivity contribution in [3.8, 4) is 0 Å². The van der Waals surface area contributed by atoms with E-state index in [9.17, 15) is 14.4 Å². The first-order valence-electron chi connectivity index (χ1n) is 8.00. The van der Waals surface area contributed by atoms with Crippen LogP contribution in [-0.4, -0.2) is 41.8 Å². The third-order valence-corrected chi connectivity index (χ3v) is 4.56. The Kier molecular flexibility index (Phi) is 5.83. The van der Waals surface area contributed by atoms with Gasteiger partial charge < -0.3 is 15.5 Å². The highest BCUT2D eigenvalue weighted by atomic mass is 35.5. The summed E-state index contributed by atoms with van der Waals surface area (Å²) in [4.78, 5) is 38.1. The van der Waals surface area contributed by atoms with Crippen LogP contribution in [0.25, 0.3) is 0 Å². The summed E-state index contributed by atoms with van der Waals surface area (Å²) in [5.41, 5.74) is 0.573. The fourth-order valence-electron chi connectivity index (χ4n) is 3.06. The lowest BCUT2D eigenvalue weighted by molar-refractivity contribution is -0.135. The highest BCUT2D eigenvalue weighted by Gasteiger charge is 2.31. The Hall–Kier alpha value is -2.08. The van der Waals surface area contributed by atoms with Gasteiger partial charge in [0.05, 0.1) is 11.3 Å². The van der Waals surface area contributed by atoms with E-state index in [1.54, 1.807) is 6.07 Å². The van der Waals surface area contributed by atoms with Crippen molar-refractivity contribution in [2.75, 3.05) is 12.4 Å². The molecule has 130 valence electrons. The molecule has 0 spiro atoms. The summed E-state index contributed by atoms with van der Waals surface area (Å²) in [6, 6.07) is 4.86. The largest absolute Gasteiger partial charge is 0.351 e. The number of piperidine rings is 1. The molecule has 0 aliphatic carbocycles. The molecule has 0 saturated carbocycles. The third kappa shape index (κ3) is 3.87. The number of carbonyl (C=O) groups is 3. The number of likely N-dealkylation sites (tertiary alicyclic amines) is 1. The summed E-state index contributed by atoms with van der Waals surface area (Å²) in [5.74, 6) is -1.79. The van der Waals surface area contributed by atoms with Gasteiger partial charge in [-0.2, -0.15) is 0 Å². The molecule has 0 unspecified atom stereocenters. The first kappa shape index (κ1) is 18.3. The van der Waals surface area contributed by atoms with Crippen LogP contribution in [-0.2, 0) is 9.59 Å². The summed E-state index contributed by atoms with van der Waals surface area (Å²) >= 11 is 6.04. The fraction of sp³-hybridized carbons (Fsp3) is 0.471. The molecule has 1 aromatic rings. The van der Waals surface area contributed by atoms with E-state index in [0.29, 0.717) is 10.6 Å². The molecule has 7 heteroatoms. The number of anilines is 1. The predicted octanol–water partition coefficient (Wildman–Crippen LogP) is 2.43. The maximum atomic E-state index is 13.0. The molecule has 1 saturated heterocycles. The van der Waals surface area contributed by atoms with Crippen molar-refractivity contribution in [1.29, 1.82) is 0 Å². The second-order valence-electron chi connectivity index (χ2n) is 6.06. The summed E-state index contributed by atoms with van der Waals surface area (Å²) < 4.78 is 0. The molecule has 0 radical (unpaired) electrons. The van der Waals surface area contributed by atoms with Crippen LogP contribution in [0.4, 0.5) is 5.69 Å². The Morgan fingerprint density at radius 2 is 1.75 bits per heavy atom. The Balaban J connectivity index is 2.34. The van der Waals surface area contributed by atoms with Crippen molar-refractivity contribution in [3.05, 3.63) is 28.8 Å². The lowest BCUT2D eigenvalue weighted by Gasteiger charge is -2.39. The number of hydrogen-bond acceptors (Lipinski definition) is 3. The van der Waals surface area contributed by atoms with Gasteiger partial charge in [-0.25, -0.2) is 0 Å². The van der Waals surface area contributed by atoms with Gasteiger partial charge in [-0.05, 0) is 51.3 Å². The van der Waals surface area contributed by atoms with Crippen molar-refractivity contribution < 1.29 is 14.4 Å². The van der Waals surface area contributed by atoms with E-state index >= 15 is 0 Å². The van der Waals surface area contributed by atoms with Gasteiger partial charge in [0, 0.05) is 24.2 Å². The number of halogens is 1. The number of carbonyl (C=O) groups excluding carboxylic acids is 3. The lowest BCUT2D eigenvalue weighted by Crippen LogP contribution is -2.47. The molecule has 2 rings (SSSR count). The minimum atomic E-state index is -0.825. The smallest absolute Gasteiger partial charge is 0.313 e. The molecule has 0 bridgehead atoms. The van der Waals surface area contributed by atoms with Crippen molar-refractivity contribution in [3.63, 3.8) is 0 Å². The standard InChI is InChI=1S/C17H22ClN3O3/c1-10-5-4-6-11(2)21(10)17(24)13-9-12(18)7-8-14(13)20-16(23)15(22)19-3/h7-11H,4-6H2,1-3H3,(H,19,22)(H,20,23)/t10-,11-/m1/s1. The average molecular weight is 352 g/mol. The van der Waals surface area contributed by atoms with Gasteiger partial charge in [0.25, 0.3) is 5.91 Å². The summed E-state index contributed by atoms with van der Waals surface area (Å²) in [6.45, 7) is 4.03. The zero-order valence-electron chi connectivity index (χ0n) is 14.1. The lowest BCUT2D eigenvalue weighted by atomic mass is 9.96. The van der Waals surface area contributed by atoms with Gasteiger partial charge in [0.15, 0.2) is 0 Å². The number of likely N-dealkylation sites (N-methyl/N-ethyl adjacent to an activating group) is 1. The minimum Gasteiger partial charge on any atom is -0.351 e. The van der Waals surface area contributed by atoms with Gasteiger partial charge in [0.1, 0.15) is 0 Å². The fourth-order valence-corrected chi connectivity index (χ4v) is 3.23. The van der Waals surface area contributed by atoms with Crippen LogP contribution in [0.2, 0.25) is 5.02 Å². The van der Waals surface area contributed by atoms with E-state index in [4.69, 9.17) is 11.6 Å². The van der Waals surface area contributed by atoms with Gasteiger partial charge in [-0.3, -0.25) is 14.4 Å². The van der Waals surface area contributed by atoms with E-state index in [0.717, 1.165) is 19.3 Å². The molecule has 2 N–H and O–H groups in total. The number of amides is 3. The molecular formula is C17H22ClN3O3. The van der Waals surface area contributed by atoms with Gasteiger partial charge in [0.2, 0.25) is 0 Å². The average Bonchev–Trinajstić information content (AvgIpc) is 2.55. The topological polar surface area (TPSA) is 78.5 Å². The Labute approximate surface area is 146 Å². The van der Waals surface area contributed by atoms with E-state index in [1.165, 1.54) is 19.2 Å². The molecular weight excluding hydrogens is 330 g/mol. The summed E-state index contributed by atoms with van der Waals surface area (Å²) in [6.07, 6.45) is 2.97. The van der Waals surface area contributed by atoms with Crippen molar-refractivity contribution >= 4 is 35.0 Å². The van der Waals surface area contributed by atoms with Crippen LogP contribution in [0.5, 0.6) is 0 Å². The third-order valence-electron chi connectivity index (χ3n) is 4.32. The Morgan fingerprint density at radius 1 is 1.12 bits per heavy atom. The normalized spacial score (nSPS) is 20.4. The van der Waals surface area contributed by atoms with Gasteiger partial charge in [-0.15, -0.1) is 0 Å². The summed E-state index contributed by atoms with van der Waals surface area (Å²) in [7, 11) is 1.37. The molecule has 1 aromatic carbocycles. The zero-order chi connectivity index (χ0) is 17.9. The van der Waals surface area contributed by atoms with E-state index < -0.39 is 11.8 Å². The SMILES string of the molecule is CNC(=O)C(=O)Nc1ccc(Cl)cc1C(=O)N1[C@H](C)CCC[C@H]1C. The maximum Gasteiger partial charge on any atom is 0.313 e. The highest BCUT2D eigenvalue weighted by Crippen LogP contribution is 2.28. The zero-order valence-corrected chi connectivity index (χ0v) is 14.8. The first-order chi connectivity index (χ1) is 11.3.